The summed E-state index contributed by atoms with van der Waals surface area (Å²) < 4.78 is 0. The molecule has 1 atom stereocenters. The van der Waals surface area contributed by atoms with Gasteiger partial charge in [-0.2, -0.15) is 0 Å². The van der Waals surface area contributed by atoms with Gasteiger partial charge in [-0.1, -0.05) is 0 Å². The number of carbonyl (C=O) groups excluding carboxylic acids is 1. The quantitative estimate of drug-likeness (QED) is 0.718. The van der Waals surface area contributed by atoms with Crippen LogP contribution in [0, 0.1) is 6.92 Å². The van der Waals surface area contributed by atoms with Crippen LogP contribution >= 0.6 is 0 Å². The molecule has 0 bridgehead atoms. The Labute approximate surface area is 158 Å². The Morgan fingerprint density at radius 3 is 2.74 bits per heavy atom. The molecule has 4 rings (SSSR count). The summed E-state index contributed by atoms with van der Waals surface area (Å²) in [5, 5.41) is 0. The molecule has 3 aromatic rings. The first-order valence-electron chi connectivity index (χ1n) is 9.15. The molecule has 6 heteroatoms. The molecule has 1 unspecified atom stereocenters. The number of nitrogens with zero attached hydrogens (tertiary/aromatic N) is 5. The minimum Gasteiger partial charge on any atom is -0.338 e. The summed E-state index contributed by atoms with van der Waals surface area (Å²) in [6.45, 7) is 3.32. The minimum atomic E-state index is 0.0315. The Hall–Kier alpha value is -3.15. The molecule has 136 valence electrons. The van der Waals surface area contributed by atoms with E-state index in [1.807, 2.05) is 36.2 Å². The maximum atomic E-state index is 12.8. The van der Waals surface area contributed by atoms with Crippen molar-refractivity contribution in [1.82, 2.24) is 24.8 Å². The van der Waals surface area contributed by atoms with Gasteiger partial charge in [-0.3, -0.25) is 14.8 Å². The van der Waals surface area contributed by atoms with Crippen LogP contribution in [0.25, 0.3) is 11.1 Å². The lowest BCUT2D eigenvalue weighted by Gasteiger charge is -2.33. The van der Waals surface area contributed by atoms with Gasteiger partial charge in [-0.05, 0) is 49.6 Å². The Morgan fingerprint density at radius 2 is 1.96 bits per heavy atom. The summed E-state index contributed by atoms with van der Waals surface area (Å²) in [5.74, 6) is 0.965. The number of amides is 1. The monoisotopic (exact) mass is 359 g/mol. The van der Waals surface area contributed by atoms with Crippen LogP contribution in [0.2, 0.25) is 0 Å². The molecule has 0 aliphatic carbocycles. The zero-order valence-corrected chi connectivity index (χ0v) is 15.2. The van der Waals surface area contributed by atoms with Gasteiger partial charge in [0.2, 0.25) is 0 Å². The number of aromatic nitrogens is 4. The second-order valence-electron chi connectivity index (χ2n) is 6.78. The highest BCUT2D eigenvalue weighted by Crippen LogP contribution is 2.33. The molecule has 0 saturated carbocycles. The molecule has 0 radical (unpaired) electrons. The van der Waals surface area contributed by atoms with Gasteiger partial charge in [0, 0.05) is 55.6 Å². The van der Waals surface area contributed by atoms with Crippen molar-refractivity contribution in [2.24, 2.45) is 0 Å². The SMILES string of the molecule is Cc1ncc(-c2ccncc2)c(C2CCCN(C(=O)c3cccnc3)C2)n1. The van der Waals surface area contributed by atoms with Crippen LogP contribution in [0.1, 0.15) is 40.6 Å². The van der Waals surface area contributed by atoms with Crippen LogP contribution in [-0.4, -0.2) is 43.8 Å². The third kappa shape index (κ3) is 3.69. The Balaban J connectivity index is 1.64. The third-order valence-corrected chi connectivity index (χ3v) is 4.93. The van der Waals surface area contributed by atoms with E-state index in [4.69, 9.17) is 4.98 Å². The highest BCUT2D eigenvalue weighted by atomic mass is 16.2. The van der Waals surface area contributed by atoms with Crippen LogP contribution in [0.3, 0.4) is 0 Å². The molecule has 1 aliphatic heterocycles. The molecule has 1 saturated heterocycles. The molecule has 1 amide bonds. The average molecular weight is 359 g/mol. The number of piperidine rings is 1. The molecule has 0 spiro atoms. The number of pyridine rings is 2. The van der Waals surface area contributed by atoms with Crippen molar-refractivity contribution in [2.75, 3.05) is 13.1 Å². The van der Waals surface area contributed by atoms with E-state index in [0.29, 0.717) is 12.1 Å². The second-order valence-corrected chi connectivity index (χ2v) is 6.78. The van der Waals surface area contributed by atoms with Crippen molar-refractivity contribution in [2.45, 2.75) is 25.7 Å². The molecule has 1 aliphatic rings. The zero-order valence-electron chi connectivity index (χ0n) is 15.2. The van der Waals surface area contributed by atoms with Crippen LogP contribution < -0.4 is 0 Å². The molecule has 0 N–H and O–H groups in total. The van der Waals surface area contributed by atoms with Crippen molar-refractivity contribution in [3.63, 3.8) is 0 Å². The summed E-state index contributed by atoms with van der Waals surface area (Å²) in [4.78, 5) is 32.1. The fourth-order valence-electron chi connectivity index (χ4n) is 3.61. The summed E-state index contributed by atoms with van der Waals surface area (Å²) in [6.07, 6.45) is 10.7. The first kappa shape index (κ1) is 17.3. The number of hydrogen-bond donors (Lipinski definition) is 0. The van der Waals surface area contributed by atoms with Gasteiger partial charge in [0.1, 0.15) is 5.82 Å². The third-order valence-electron chi connectivity index (χ3n) is 4.93. The van der Waals surface area contributed by atoms with E-state index in [1.165, 1.54) is 0 Å². The van der Waals surface area contributed by atoms with Gasteiger partial charge in [-0.15, -0.1) is 0 Å². The minimum absolute atomic E-state index is 0.0315. The molecule has 3 aromatic heterocycles. The maximum Gasteiger partial charge on any atom is 0.255 e. The van der Waals surface area contributed by atoms with Crippen LogP contribution in [0.4, 0.5) is 0 Å². The molecular weight excluding hydrogens is 338 g/mol. The van der Waals surface area contributed by atoms with Gasteiger partial charge < -0.3 is 4.90 Å². The number of rotatable bonds is 3. The molecule has 1 fully saturated rings. The van der Waals surface area contributed by atoms with E-state index in [2.05, 4.69) is 15.0 Å². The van der Waals surface area contributed by atoms with Crippen molar-refractivity contribution in [3.05, 3.63) is 72.3 Å². The summed E-state index contributed by atoms with van der Waals surface area (Å²) >= 11 is 0. The van der Waals surface area contributed by atoms with Gasteiger partial charge in [0.05, 0.1) is 11.3 Å². The van der Waals surface area contributed by atoms with Gasteiger partial charge >= 0.3 is 0 Å². The topological polar surface area (TPSA) is 71.9 Å². The van der Waals surface area contributed by atoms with Crippen LogP contribution in [0.15, 0.2) is 55.2 Å². The van der Waals surface area contributed by atoms with Gasteiger partial charge in [-0.25, -0.2) is 9.97 Å². The summed E-state index contributed by atoms with van der Waals surface area (Å²) in [7, 11) is 0. The van der Waals surface area contributed by atoms with Crippen molar-refractivity contribution >= 4 is 5.91 Å². The van der Waals surface area contributed by atoms with Crippen LogP contribution in [0.5, 0.6) is 0 Å². The van der Waals surface area contributed by atoms with E-state index in [-0.39, 0.29) is 11.8 Å². The molecule has 27 heavy (non-hydrogen) atoms. The van der Waals surface area contributed by atoms with Crippen molar-refractivity contribution in [1.29, 1.82) is 0 Å². The Bertz CT molecular complexity index is 930. The first-order valence-corrected chi connectivity index (χ1v) is 9.15. The number of likely N-dealkylation sites (tertiary alicyclic amines) is 1. The van der Waals surface area contributed by atoms with Crippen molar-refractivity contribution in [3.8, 4) is 11.1 Å². The van der Waals surface area contributed by atoms with Crippen LogP contribution in [-0.2, 0) is 0 Å². The Kier molecular flexibility index (Phi) is 4.87. The van der Waals surface area contributed by atoms with Gasteiger partial charge in [0.15, 0.2) is 0 Å². The van der Waals surface area contributed by atoms with E-state index in [1.54, 1.807) is 30.9 Å². The smallest absolute Gasteiger partial charge is 0.255 e. The van der Waals surface area contributed by atoms with E-state index in [9.17, 15) is 4.79 Å². The first-order chi connectivity index (χ1) is 13.2. The standard InChI is InChI=1S/C21H21N5O/c1-15-24-13-19(16-6-9-22-10-7-16)20(25-15)18-5-3-11-26(14-18)21(27)17-4-2-8-23-12-17/h2,4,6-10,12-13,18H,3,5,11,14H2,1H3. The number of aryl methyl sites for hydroxylation is 1. The number of hydrogen-bond acceptors (Lipinski definition) is 5. The molecule has 6 nitrogen and oxygen atoms in total. The fourth-order valence-corrected chi connectivity index (χ4v) is 3.61. The highest BCUT2D eigenvalue weighted by Gasteiger charge is 2.28. The fraction of sp³-hybridized carbons (Fsp3) is 0.286. The molecule has 4 heterocycles. The lowest BCUT2D eigenvalue weighted by atomic mass is 9.90. The van der Waals surface area contributed by atoms with E-state index < -0.39 is 0 Å². The zero-order chi connectivity index (χ0) is 18.6. The number of carbonyl (C=O) groups is 1. The van der Waals surface area contributed by atoms with Crippen molar-refractivity contribution < 1.29 is 4.79 Å². The van der Waals surface area contributed by atoms with E-state index in [0.717, 1.165) is 42.0 Å². The largest absolute Gasteiger partial charge is 0.338 e. The highest BCUT2D eigenvalue weighted by molar-refractivity contribution is 5.94. The Morgan fingerprint density at radius 1 is 1.11 bits per heavy atom. The second kappa shape index (κ2) is 7.61. The normalized spacial score (nSPS) is 16.9. The lowest BCUT2D eigenvalue weighted by molar-refractivity contribution is 0.0705. The lowest BCUT2D eigenvalue weighted by Crippen LogP contribution is -2.39. The predicted octanol–water partition coefficient (Wildman–Crippen LogP) is 3.26. The van der Waals surface area contributed by atoms with Gasteiger partial charge in [0.25, 0.3) is 5.91 Å². The summed E-state index contributed by atoms with van der Waals surface area (Å²) in [5.41, 5.74) is 3.71. The molecule has 0 aromatic carbocycles. The molecular formula is C21H21N5O. The predicted molar refractivity (Wildman–Crippen MR) is 102 cm³/mol. The van der Waals surface area contributed by atoms with E-state index >= 15 is 0 Å². The average Bonchev–Trinajstić information content (AvgIpc) is 2.74. The summed E-state index contributed by atoms with van der Waals surface area (Å²) in [6, 6.07) is 7.55. The maximum absolute atomic E-state index is 12.8.